The number of rotatable bonds is 3. The molecule has 7 heteroatoms. The predicted molar refractivity (Wildman–Crippen MR) is 86.9 cm³/mol. The van der Waals surface area contributed by atoms with Crippen molar-refractivity contribution in [3.8, 4) is 0 Å². The summed E-state index contributed by atoms with van der Waals surface area (Å²) in [4.78, 5) is 18.4. The first-order chi connectivity index (χ1) is 11.4. The van der Waals surface area contributed by atoms with Crippen molar-refractivity contribution in [2.75, 3.05) is 19.6 Å². The number of piperidine rings is 1. The Morgan fingerprint density at radius 2 is 2.08 bits per heavy atom. The number of hydrogen-bond acceptors (Lipinski definition) is 2. The fourth-order valence-electron chi connectivity index (χ4n) is 3.73. The molecule has 0 spiro atoms. The van der Waals surface area contributed by atoms with Crippen LogP contribution in [0.15, 0.2) is 18.7 Å². The van der Waals surface area contributed by atoms with Crippen molar-refractivity contribution in [3.05, 3.63) is 18.7 Å². The van der Waals surface area contributed by atoms with Crippen LogP contribution in [0.5, 0.6) is 0 Å². The van der Waals surface area contributed by atoms with E-state index in [1.165, 1.54) is 0 Å². The van der Waals surface area contributed by atoms with Gasteiger partial charge in [-0.3, -0.25) is 0 Å². The summed E-state index contributed by atoms with van der Waals surface area (Å²) >= 11 is 0. The molecule has 1 aromatic heterocycles. The summed E-state index contributed by atoms with van der Waals surface area (Å²) in [7, 11) is 0. The molecular weight excluding hydrogens is 314 g/mol. The molecule has 2 amide bonds. The number of amides is 2. The lowest BCUT2D eigenvalue weighted by Gasteiger charge is -2.38. The van der Waals surface area contributed by atoms with Crippen LogP contribution < -0.4 is 5.32 Å². The second-order valence-electron chi connectivity index (χ2n) is 7.27. The number of halogens is 2. The molecule has 1 saturated carbocycles. The minimum absolute atomic E-state index is 0.0581. The Balaban J connectivity index is 1.48. The molecule has 5 nitrogen and oxygen atoms in total. The molecule has 0 bridgehead atoms. The van der Waals surface area contributed by atoms with Gasteiger partial charge in [-0.25, -0.2) is 18.6 Å². The maximum atomic E-state index is 13.2. The fourth-order valence-corrected chi connectivity index (χ4v) is 3.73. The van der Waals surface area contributed by atoms with Crippen LogP contribution in [0.4, 0.5) is 13.6 Å². The molecule has 1 aromatic rings. The number of carbonyl (C=O) groups is 1. The summed E-state index contributed by atoms with van der Waals surface area (Å²) in [6.07, 6.45) is 7.30. The Labute approximate surface area is 141 Å². The quantitative estimate of drug-likeness (QED) is 0.918. The lowest BCUT2D eigenvalue weighted by molar-refractivity contribution is -0.0452. The Morgan fingerprint density at radius 3 is 2.75 bits per heavy atom. The lowest BCUT2D eigenvalue weighted by atomic mass is 9.87. The smallest absolute Gasteiger partial charge is 0.317 e. The second-order valence-corrected chi connectivity index (χ2v) is 7.27. The summed E-state index contributed by atoms with van der Waals surface area (Å²) in [6.45, 7) is 4.09. The van der Waals surface area contributed by atoms with Gasteiger partial charge < -0.3 is 14.8 Å². The molecule has 1 N–H and O–H groups in total. The number of nitrogens with zero attached hydrogens (tertiary/aromatic N) is 3. The van der Waals surface area contributed by atoms with E-state index in [2.05, 4.69) is 21.8 Å². The summed E-state index contributed by atoms with van der Waals surface area (Å²) < 4.78 is 28.4. The molecule has 3 rings (SSSR count). The summed E-state index contributed by atoms with van der Waals surface area (Å²) in [5, 5.41) is 2.95. The van der Waals surface area contributed by atoms with Gasteiger partial charge >= 0.3 is 6.03 Å². The number of carbonyl (C=O) groups excluding carboxylic acids is 1. The molecular formula is C17H26F2N4O. The molecule has 24 heavy (non-hydrogen) atoms. The molecule has 2 unspecified atom stereocenters. The van der Waals surface area contributed by atoms with E-state index in [9.17, 15) is 13.6 Å². The second kappa shape index (κ2) is 7.07. The highest BCUT2D eigenvalue weighted by atomic mass is 19.3. The van der Waals surface area contributed by atoms with Crippen molar-refractivity contribution in [2.24, 2.45) is 11.8 Å². The van der Waals surface area contributed by atoms with E-state index in [4.69, 9.17) is 0 Å². The summed E-state index contributed by atoms with van der Waals surface area (Å²) in [5.74, 6) is -1.85. The lowest BCUT2D eigenvalue weighted by Crippen LogP contribution is -2.49. The van der Waals surface area contributed by atoms with Crippen molar-refractivity contribution in [3.63, 3.8) is 0 Å². The number of aromatic nitrogens is 2. The largest absolute Gasteiger partial charge is 0.338 e. The van der Waals surface area contributed by atoms with Gasteiger partial charge in [0.05, 0.1) is 12.4 Å². The minimum atomic E-state index is -2.51. The first kappa shape index (κ1) is 17.2. The third-order valence-corrected chi connectivity index (χ3v) is 5.49. The highest BCUT2D eigenvalue weighted by molar-refractivity contribution is 5.74. The Morgan fingerprint density at radius 1 is 1.33 bits per heavy atom. The number of urea groups is 1. The van der Waals surface area contributed by atoms with Crippen LogP contribution in [0, 0.1) is 11.8 Å². The third-order valence-electron chi connectivity index (χ3n) is 5.49. The van der Waals surface area contributed by atoms with E-state index < -0.39 is 5.92 Å². The molecule has 134 valence electrons. The van der Waals surface area contributed by atoms with Crippen LogP contribution in [0.1, 0.15) is 45.1 Å². The van der Waals surface area contributed by atoms with E-state index in [1.54, 1.807) is 12.5 Å². The zero-order chi connectivity index (χ0) is 17.2. The number of imidazole rings is 1. The van der Waals surface area contributed by atoms with Crippen LogP contribution in [0.25, 0.3) is 0 Å². The number of alkyl halides is 2. The van der Waals surface area contributed by atoms with Crippen LogP contribution in [-0.2, 0) is 0 Å². The van der Waals surface area contributed by atoms with Gasteiger partial charge in [0.15, 0.2) is 0 Å². The predicted octanol–water partition coefficient (Wildman–Crippen LogP) is 3.30. The van der Waals surface area contributed by atoms with Gasteiger partial charge in [0, 0.05) is 44.9 Å². The van der Waals surface area contributed by atoms with E-state index in [1.807, 2.05) is 11.1 Å². The van der Waals surface area contributed by atoms with Crippen molar-refractivity contribution in [1.29, 1.82) is 0 Å². The topological polar surface area (TPSA) is 50.2 Å². The van der Waals surface area contributed by atoms with Crippen molar-refractivity contribution < 1.29 is 13.6 Å². The maximum absolute atomic E-state index is 13.2. The minimum Gasteiger partial charge on any atom is -0.338 e. The molecule has 2 heterocycles. The van der Waals surface area contributed by atoms with Crippen molar-refractivity contribution in [1.82, 2.24) is 19.8 Å². The van der Waals surface area contributed by atoms with Gasteiger partial charge in [-0.15, -0.1) is 0 Å². The maximum Gasteiger partial charge on any atom is 0.317 e. The standard InChI is InChI=1S/C17H26F2N4O/c1-13-4-8-22(11-15(13)23-9-7-20-12-23)16(24)21-10-14-2-5-17(18,19)6-3-14/h7,9,12-15H,2-6,8,10-11H2,1H3,(H,21,24). The van der Waals surface area contributed by atoms with Crippen molar-refractivity contribution in [2.45, 2.75) is 51.0 Å². The van der Waals surface area contributed by atoms with Gasteiger partial charge in [-0.1, -0.05) is 6.92 Å². The van der Waals surface area contributed by atoms with Gasteiger partial charge in [-0.05, 0) is 31.1 Å². The van der Waals surface area contributed by atoms with E-state index >= 15 is 0 Å². The molecule has 1 aliphatic heterocycles. The van der Waals surface area contributed by atoms with E-state index in [-0.39, 0.29) is 30.8 Å². The van der Waals surface area contributed by atoms with Gasteiger partial charge in [0.25, 0.3) is 0 Å². The Bertz CT molecular complexity index is 539. The highest BCUT2D eigenvalue weighted by Gasteiger charge is 2.35. The van der Waals surface area contributed by atoms with Crippen LogP contribution in [0.3, 0.4) is 0 Å². The number of likely N-dealkylation sites (tertiary alicyclic amines) is 1. The number of hydrogen-bond donors (Lipinski definition) is 1. The zero-order valence-corrected chi connectivity index (χ0v) is 14.1. The Hall–Kier alpha value is -1.66. The SMILES string of the molecule is CC1CCN(C(=O)NCC2CCC(F)(F)CC2)CC1n1ccnc1. The normalized spacial score (nSPS) is 27.9. The molecule has 2 fully saturated rings. The highest BCUT2D eigenvalue weighted by Crippen LogP contribution is 2.35. The van der Waals surface area contributed by atoms with Gasteiger partial charge in [-0.2, -0.15) is 0 Å². The van der Waals surface area contributed by atoms with Crippen LogP contribution in [0.2, 0.25) is 0 Å². The van der Waals surface area contributed by atoms with Crippen LogP contribution in [-0.4, -0.2) is 46.0 Å². The van der Waals surface area contributed by atoms with Crippen molar-refractivity contribution >= 4 is 6.03 Å². The average molecular weight is 340 g/mol. The molecule has 1 saturated heterocycles. The van der Waals surface area contributed by atoms with E-state index in [0.717, 1.165) is 13.0 Å². The fraction of sp³-hybridized carbons (Fsp3) is 0.765. The first-order valence-corrected chi connectivity index (χ1v) is 8.83. The zero-order valence-electron chi connectivity index (χ0n) is 14.1. The van der Waals surface area contributed by atoms with Gasteiger partial charge in [0.2, 0.25) is 5.92 Å². The molecule has 0 aromatic carbocycles. The summed E-state index contributed by atoms with van der Waals surface area (Å²) in [6, 6.07) is 0.157. The molecule has 2 aliphatic rings. The monoisotopic (exact) mass is 340 g/mol. The summed E-state index contributed by atoms with van der Waals surface area (Å²) in [5.41, 5.74) is 0. The molecule has 0 radical (unpaired) electrons. The van der Waals surface area contributed by atoms with E-state index in [0.29, 0.717) is 31.8 Å². The molecule has 2 atom stereocenters. The number of nitrogens with one attached hydrogen (secondary N) is 1. The average Bonchev–Trinajstić information content (AvgIpc) is 3.08. The van der Waals surface area contributed by atoms with Crippen LogP contribution >= 0.6 is 0 Å². The third kappa shape index (κ3) is 4.05. The van der Waals surface area contributed by atoms with Gasteiger partial charge in [0.1, 0.15) is 0 Å². The molecule has 1 aliphatic carbocycles. The first-order valence-electron chi connectivity index (χ1n) is 8.83. The Kier molecular flexibility index (Phi) is 5.06.